The van der Waals surface area contributed by atoms with Crippen molar-refractivity contribution >= 4 is 17.5 Å². The zero-order valence-electron chi connectivity index (χ0n) is 15.3. The van der Waals surface area contributed by atoms with E-state index < -0.39 is 0 Å². The Morgan fingerprint density at radius 3 is 1.85 bits per heavy atom. The van der Waals surface area contributed by atoms with E-state index in [4.69, 9.17) is 4.99 Å². The van der Waals surface area contributed by atoms with Crippen molar-refractivity contribution in [3.63, 3.8) is 0 Å². The van der Waals surface area contributed by atoms with Gasteiger partial charge < -0.3 is 0 Å². The van der Waals surface area contributed by atoms with E-state index >= 15 is 0 Å². The average Bonchev–Trinajstić information content (AvgIpc) is 2.72. The highest BCUT2D eigenvalue weighted by Gasteiger charge is 2.07. The lowest BCUT2D eigenvalue weighted by atomic mass is 10.0. The SMILES string of the molecule is CCCCC(=N/C(=C/c1ccccc1)c1ccccc1)c1ccccc1. The standard InChI is InChI=1S/C25H25N/c1-2-3-19-24(22-15-9-5-10-16-22)26-25(23-17-11-6-12-18-23)20-21-13-7-4-8-14-21/h4-18,20H,2-3,19H2,1H3/b25-20+,26-24?. The summed E-state index contributed by atoms with van der Waals surface area (Å²) in [5.74, 6) is 0. The highest BCUT2D eigenvalue weighted by molar-refractivity contribution is 6.04. The van der Waals surface area contributed by atoms with Gasteiger partial charge in [-0.1, -0.05) is 104 Å². The first kappa shape index (κ1) is 17.9. The van der Waals surface area contributed by atoms with Crippen LogP contribution in [0.5, 0.6) is 0 Å². The Hall–Kier alpha value is -2.93. The van der Waals surface area contributed by atoms with Crippen LogP contribution in [0, 0.1) is 0 Å². The molecule has 0 bridgehead atoms. The summed E-state index contributed by atoms with van der Waals surface area (Å²) in [5, 5.41) is 0. The third-order valence-corrected chi connectivity index (χ3v) is 4.30. The van der Waals surface area contributed by atoms with E-state index in [9.17, 15) is 0 Å². The van der Waals surface area contributed by atoms with Gasteiger partial charge in [-0.3, -0.25) is 4.99 Å². The lowest BCUT2D eigenvalue weighted by Crippen LogP contribution is -2.01. The highest BCUT2D eigenvalue weighted by Crippen LogP contribution is 2.22. The van der Waals surface area contributed by atoms with Gasteiger partial charge in [-0.15, -0.1) is 0 Å². The maximum atomic E-state index is 5.13. The van der Waals surface area contributed by atoms with Crippen molar-refractivity contribution < 1.29 is 0 Å². The van der Waals surface area contributed by atoms with Crippen LogP contribution in [0.25, 0.3) is 11.8 Å². The summed E-state index contributed by atoms with van der Waals surface area (Å²) >= 11 is 0. The number of unbranched alkanes of at least 4 members (excludes halogenated alkanes) is 1. The van der Waals surface area contributed by atoms with Crippen LogP contribution in [0.3, 0.4) is 0 Å². The Morgan fingerprint density at radius 1 is 0.731 bits per heavy atom. The molecule has 0 N–H and O–H groups in total. The summed E-state index contributed by atoms with van der Waals surface area (Å²) in [5.41, 5.74) is 5.67. The predicted octanol–water partition coefficient (Wildman–Crippen LogP) is 6.86. The molecular weight excluding hydrogens is 314 g/mol. The van der Waals surface area contributed by atoms with Gasteiger partial charge in [0.25, 0.3) is 0 Å². The molecule has 0 heterocycles. The molecule has 0 aromatic heterocycles. The molecule has 0 fully saturated rings. The van der Waals surface area contributed by atoms with E-state index in [0.717, 1.165) is 41.8 Å². The summed E-state index contributed by atoms with van der Waals surface area (Å²) in [6, 6.07) is 31.4. The van der Waals surface area contributed by atoms with E-state index in [-0.39, 0.29) is 0 Å². The van der Waals surface area contributed by atoms with Gasteiger partial charge in [0, 0.05) is 11.3 Å². The number of rotatable bonds is 7. The Balaban J connectivity index is 2.07. The van der Waals surface area contributed by atoms with E-state index in [0.29, 0.717) is 0 Å². The third kappa shape index (κ3) is 5.03. The topological polar surface area (TPSA) is 12.4 Å². The van der Waals surface area contributed by atoms with E-state index in [2.05, 4.69) is 91.9 Å². The van der Waals surface area contributed by atoms with Crippen molar-refractivity contribution in [2.75, 3.05) is 0 Å². The second-order valence-corrected chi connectivity index (χ2v) is 6.33. The molecule has 0 saturated heterocycles. The minimum atomic E-state index is 0.986. The average molecular weight is 339 g/mol. The zero-order valence-corrected chi connectivity index (χ0v) is 15.3. The summed E-state index contributed by atoms with van der Waals surface area (Å²) in [6.07, 6.45) is 5.46. The molecule has 0 atom stereocenters. The Bertz CT molecular complexity index is 846. The van der Waals surface area contributed by atoms with Gasteiger partial charge in [-0.05, 0) is 30.0 Å². The van der Waals surface area contributed by atoms with Crippen LogP contribution in [-0.4, -0.2) is 5.71 Å². The molecule has 1 heteroatoms. The van der Waals surface area contributed by atoms with Crippen LogP contribution >= 0.6 is 0 Å². The molecule has 3 aromatic carbocycles. The van der Waals surface area contributed by atoms with Crippen LogP contribution in [-0.2, 0) is 0 Å². The molecular formula is C25H25N. The lowest BCUT2D eigenvalue weighted by molar-refractivity contribution is 0.835. The first-order chi connectivity index (χ1) is 12.9. The maximum Gasteiger partial charge on any atom is 0.0711 e. The molecule has 0 saturated carbocycles. The van der Waals surface area contributed by atoms with Gasteiger partial charge in [-0.2, -0.15) is 0 Å². The largest absolute Gasteiger partial charge is 0.252 e. The normalized spacial score (nSPS) is 12.2. The fraction of sp³-hybridized carbons (Fsp3) is 0.160. The molecule has 0 unspecified atom stereocenters. The maximum absolute atomic E-state index is 5.13. The number of benzene rings is 3. The molecule has 0 aliphatic rings. The fourth-order valence-electron chi connectivity index (χ4n) is 2.88. The van der Waals surface area contributed by atoms with Crippen LogP contribution < -0.4 is 0 Å². The van der Waals surface area contributed by atoms with Crippen LogP contribution in [0.15, 0.2) is 96.0 Å². The summed E-state index contributed by atoms with van der Waals surface area (Å²) in [6.45, 7) is 2.22. The van der Waals surface area contributed by atoms with Crippen LogP contribution in [0.1, 0.15) is 42.9 Å². The van der Waals surface area contributed by atoms with Gasteiger partial charge in [0.05, 0.1) is 5.70 Å². The van der Waals surface area contributed by atoms with Crippen molar-refractivity contribution in [1.29, 1.82) is 0 Å². The van der Waals surface area contributed by atoms with Gasteiger partial charge in [0.2, 0.25) is 0 Å². The molecule has 26 heavy (non-hydrogen) atoms. The Kier molecular flexibility index (Phi) is 6.55. The molecule has 0 spiro atoms. The van der Waals surface area contributed by atoms with Crippen molar-refractivity contribution in [2.45, 2.75) is 26.2 Å². The van der Waals surface area contributed by atoms with Gasteiger partial charge in [0.1, 0.15) is 0 Å². The highest BCUT2D eigenvalue weighted by atomic mass is 14.8. The molecule has 0 amide bonds. The van der Waals surface area contributed by atoms with Gasteiger partial charge >= 0.3 is 0 Å². The molecule has 0 radical (unpaired) electrons. The molecule has 0 aliphatic carbocycles. The number of hydrogen-bond acceptors (Lipinski definition) is 1. The third-order valence-electron chi connectivity index (χ3n) is 4.30. The summed E-state index contributed by atoms with van der Waals surface area (Å²) < 4.78 is 0. The van der Waals surface area contributed by atoms with E-state index in [1.807, 2.05) is 12.1 Å². The fourth-order valence-corrected chi connectivity index (χ4v) is 2.88. The smallest absolute Gasteiger partial charge is 0.0711 e. The first-order valence-electron chi connectivity index (χ1n) is 9.32. The van der Waals surface area contributed by atoms with Crippen LogP contribution in [0.4, 0.5) is 0 Å². The predicted molar refractivity (Wildman–Crippen MR) is 113 cm³/mol. The minimum Gasteiger partial charge on any atom is -0.252 e. The van der Waals surface area contributed by atoms with E-state index in [1.165, 1.54) is 5.56 Å². The van der Waals surface area contributed by atoms with Crippen molar-refractivity contribution in [1.82, 2.24) is 0 Å². The first-order valence-corrected chi connectivity index (χ1v) is 9.32. The molecule has 0 aliphatic heterocycles. The van der Waals surface area contributed by atoms with Gasteiger partial charge in [-0.25, -0.2) is 0 Å². The molecule has 130 valence electrons. The summed E-state index contributed by atoms with van der Waals surface area (Å²) in [4.78, 5) is 5.13. The molecule has 3 rings (SSSR count). The lowest BCUT2D eigenvalue weighted by Gasteiger charge is -2.10. The number of nitrogens with zero attached hydrogens (tertiary/aromatic N) is 1. The Morgan fingerprint density at radius 2 is 1.27 bits per heavy atom. The van der Waals surface area contributed by atoms with Crippen molar-refractivity contribution in [2.24, 2.45) is 4.99 Å². The zero-order chi connectivity index (χ0) is 18.0. The monoisotopic (exact) mass is 339 g/mol. The molecule has 3 aromatic rings. The minimum absolute atomic E-state index is 0.986. The molecule has 1 nitrogen and oxygen atoms in total. The van der Waals surface area contributed by atoms with E-state index in [1.54, 1.807) is 0 Å². The van der Waals surface area contributed by atoms with Crippen molar-refractivity contribution in [3.05, 3.63) is 108 Å². The van der Waals surface area contributed by atoms with Crippen LogP contribution in [0.2, 0.25) is 0 Å². The van der Waals surface area contributed by atoms with Gasteiger partial charge in [0.15, 0.2) is 0 Å². The quantitative estimate of drug-likeness (QED) is 0.329. The number of aliphatic imine (C=N–C) groups is 1. The second-order valence-electron chi connectivity index (χ2n) is 6.33. The summed E-state index contributed by atoms with van der Waals surface area (Å²) in [7, 11) is 0. The Labute approximate surface area is 156 Å². The number of hydrogen-bond donors (Lipinski definition) is 0. The second kappa shape index (κ2) is 9.53. The van der Waals surface area contributed by atoms with Crippen molar-refractivity contribution in [3.8, 4) is 0 Å².